The lowest BCUT2D eigenvalue weighted by molar-refractivity contribution is -0.120. The summed E-state index contributed by atoms with van der Waals surface area (Å²) in [5, 5.41) is 6.21. The van der Waals surface area contributed by atoms with Crippen molar-refractivity contribution >= 4 is 5.91 Å². The van der Waals surface area contributed by atoms with Crippen molar-refractivity contribution in [3.05, 3.63) is 0 Å². The minimum atomic E-state index is 0.0800. The molecule has 4 heteroatoms. The molecule has 1 amide bonds. The molecule has 0 radical (unpaired) electrons. The molecule has 1 aliphatic carbocycles. The molecule has 0 aromatic rings. The van der Waals surface area contributed by atoms with Gasteiger partial charge in [-0.15, -0.1) is 0 Å². The van der Waals surface area contributed by atoms with Crippen LogP contribution in [0.3, 0.4) is 0 Å². The molecule has 2 unspecified atom stereocenters. The van der Waals surface area contributed by atoms with E-state index in [1.807, 2.05) is 13.8 Å². The van der Waals surface area contributed by atoms with Crippen LogP contribution in [0.25, 0.3) is 0 Å². The molecule has 0 spiro atoms. The molecule has 1 aliphatic heterocycles. The van der Waals surface area contributed by atoms with E-state index in [1.54, 1.807) is 0 Å². The van der Waals surface area contributed by atoms with Crippen molar-refractivity contribution in [2.45, 2.75) is 51.3 Å². The SMILES string of the molecule is CC(C)NC(=O)CNC1CCOC1C1CC1. The smallest absolute Gasteiger partial charge is 0.234 e. The van der Waals surface area contributed by atoms with Crippen molar-refractivity contribution in [2.24, 2.45) is 5.92 Å². The Labute approximate surface area is 97.1 Å². The summed E-state index contributed by atoms with van der Waals surface area (Å²) in [6.07, 6.45) is 3.98. The maximum absolute atomic E-state index is 11.5. The van der Waals surface area contributed by atoms with Gasteiger partial charge in [-0.05, 0) is 39.0 Å². The first-order valence-corrected chi connectivity index (χ1v) is 6.31. The summed E-state index contributed by atoms with van der Waals surface area (Å²) in [6.45, 7) is 5.20. The standard InChI is InChI=1S/C12H22N2O2/c1-8(2)14-11(15)7-13-10-5-6-16-12(10)9-3-4-9/h8-10,12-13H,3-7H2,1-2H3,(H,14,15). The van der Waals surface area contributed by atoms with Gasteiger partial charge in [0, 0.05) is 18.7 Å². The number of hydrogen-bond acceptors (Lipinski definition) is 3. The van der Waals surface area contributed by atoms with Gasteiger partial charge >= 0.3 is 0 Å². The first kappa shape index (κ1) is 11.9. The molecule has 16 heavy (non-hydrogen) atoms. The van der Waals surface area contributed by atoms with Gasteiger partial charge in [0.1, 0.15) is 0 Å². The Morgan fingerprint density at radius 3 is 2.75 bits per heavy atom. The average Bonchev–Trinajstić information content (AvgIpc) is 2.94. The van der Waals surface area contributed by atoms with Crippen LogP contribution in [0, 0.1) is 5.92 Å². The summed E-state index contributed by atoms with van der Waals surface area (Å²) >= 11 is 0. The molecule has 1 heterocycles. The fraction of sp³-hybridized carbons (Fsp3) is 0.917. The summed E-state index contributed by atoms with van der Waals surface area (Å²) in [5.74, 6) is 0.824. The van der Waals surface area contributed by atoms with E-state index in [0.29, 0.717) is 18.7 Å². The largest absolute Gasteiger partial charge is 0.376 e. The van der Waals surface area contributed by atoms with Crippen molar-refractivity contribution in [1.29, 1.82) is 0 Å². The van der Waals surface area contributed by atoms with Gasteiger partial charge in [0.2, 0.25) is 5.91 Å². The molecule has 4 nitrogen and oxygen atoms in total. The fourth-order valence-corrected chi connectivity index (χ4v) is 2.32. The van der Waals surface area contributed by atoms with Crippen LogP contribution in [0.2, 0.25) is 0 Å². The minimum absolute atomic E-state index is 0.0800. The summed E-state index contributed by atoms with van der Waals surface area (Å²) in [5.41, 5.74) is 0. The number of ether oxygens (including phenoxy) is 1. The van der Waals surface area contributed by atoms with Crippen LogP contribution in [0.5, 0.6) is 0 Å². The highest BCUT2D eigenvalue weighted by Gasteiger charge is 2.40. The zero-order valence-corrected chi connectivity index (χ0v) is 10.2. The lowest BCUT2D eigenvalue weighted by Crippen LogP contribution is -2.44. The summed E-state index contributed by atoms with van der Waals surface area (Å²) < 4.78 is 5.71. The Bertz CT molecular complexity index is 251. The number of carbonyl (C=O) groups is 1. The number of amides is 1. The Morgan fingerprint density at radius 1 is 1.38 bits per heavy atom. The Kier molecular flexibility index (Phi) is 3.82. The van der Waals surface area contributed by atoms with Crippen LogP contribution in [0.15, 0.2) is 0 Å². The van der Waals surface area contributed by atoms with Crippen LogP contribution in [-0.2, 0) is 9.53 Å². The maximum atomic E-state index is 11.5. The van der Waals surface area contributed by atoms with E-state index < -0.39 is 0 Å². The van der Waals surface area contributed by atoms with Gasteiger partial charge in [-0.25, -0.2) is 0 Å². The van der Waals surface area contributed by atoms with Gasteiger partial charge in [-0.2, -0.15) is 0 Å². The molecular formula is C12H22N2O2. The first-order valence-electron chi connectivity index (χ1n) is 6.31. The molecule has 0 bridgehead atoms. The predicted octanol–water partition coefficient (Wildman–Crippen LogP) is 0.668. The number of nitrogens with one attached hydrogen (secondary N) is 2. The molecular weight excluding hydrogens is 204 g/mol. The van der Waals surface area contributed by atoms with Gasteiger partial charge in [-0.3, -0.25) is 4.79 Å². The van der Waals surface area contributed by atoms with Crippen molar-refractivity contribution < 1.29 is 9.53 Å². The Morgan fingerprint density at radius 2 is 2.12 bits per heavy atom. The predicted molar refractivity (Wildman–Crippen MR) is 62.2 cm³/mol. The minimum Gasteiger partial charge on any atom is -0.376 e. The van der Waals surface area contributed by atoms with E-state index >= 15 is 0 Å². The molecule has 1 saturated heterocycles. The molecule has 2 aliphatic rings. The molecule has 92 valence electrons. The Hall–Kier alpha value is -0.610. The van der Waals surface area contributed by atoms with Crippen molar-refractivity contribution in [3.8, 4) is 0 Å². The molecule has 2 fully saturated rings. The van der Waals surface area contributed by atoms with E-state index in [0.717, 1.165) is 18.9 Å². The quantitative estimate of drug-likeness (QED) is 0.724. The third-order valence-electron chi connectivity index (χ3n) is 3.20. The van der Waals surface area contributed by atoms with Gasteiger partial charge in [0.05, 0.1) is 12.6 Å². The monoisotopic (exact) mass is 226 g/mol. The van der Waals surface area contributed by atoms with E-state index in [1.165, 1.54) is 12.8 Å². The topological polar surface area (TPSA) is 50.4 Å². The van der Waals surface area contributed by atoms with Crippen molar-refractivity contribution in [2.75, 3.05) is 13.2 Å². The highest BCUT2D eigenvalue weighted by atomic mass is 16.5. The van der Waals surface area contributed by atoms with E-state index in [-0.39, 0.29) is 11.9 Å². The van der Waals surface area contributed by atoms with Crippen molar-refractivity contribution in [3.63, 3.8) is 0 Å². The van der Waals surface area contributed by atoms with Gasteiger partial charge in [-0.1, -0.05) is 0 Å². The van der Waals surface area contributed by atoms with Crippen LogP contribution >= 0.6 is 0 Å². The lowest BCUT2D eigenvalue weighted by atomic mass is 10.1. The molecule has 2 rings (SSSR count). The highest BCUT2D eigenvalue weighted by Crippen LogP contribution is 2.38. The molecule has 2 N–H and O–H groups in total. The van der Waals surface area contributed by atoms with Crippen LogP contribution in [0.4, 0.5) is 0 Å². The fourth-order valence-electron chi connectivity index (χ4n) is 2.32. The van der Waals surface area contributed by atoms with E-state index in [4.69, 9.17) is 4.74 Å². The van der Waals surface area contributed by atoms with Crippen molar-refractivity contribution in [1.82, 2.24) is 10.6 Å². The third-order valence-corrected chi connectivity index (χ3v) is 3.20. The van der Waals surface area contributed by atoms with E-state index in [2.05, 4.69) is 10.6 Å². The van der Waals surface area contributed by atoms with E-state index in [9.17, 15) is 4.79 Å². The van der Waals surface area contributed by atoms with Crippen LogP contribution in [0.1, 0.15) is 33.1 Å². The maximum Gasteiger partial charge on any atom is 0.234 e. The molecule has 0 aromatic heterocycles. The van der Waals surface area contributed by atoms with Crippen LogP contribution in [-0.4, -0.2) is 37.2 Å². The van der Waals surface area contributed by atoms with Crippen LogP contribution < -0.4 is 10.6 Å². The number of carbonyl (C=O) groups excluding carboxylic acids is 1. The first-order chi connectivity index (χ1) is 7.66. The zero-order chi connectivity index (χ0) is 11.5. The van der Waals surface area contributed by atoms with Gasteiger partial charge < -0.3 is 15.4 Å². The molecule has 2 atom stereocenters. The summed E-state index contributed by atoms with van der Waals surface area (Å²) in [7, 11) is 0. The lowest BCUT2D eigenvalue weighted by Gasteiger charge is -2.19. The zero-order valence-electron chi connectivity index (χ0n) is 10.2. The number of hydrogen-bond donors (Lipinski definition) is 2. The van der Waals surface area contributed by atoms with Gasteiger partial charge in [0.15, 0.2) is 0 Å². The van der Waals surface area contributed by atoms with Gasteiger partial charge in [0.25, 0.3) is 0 Å². The number of rotatable bonds is 5. The third kappa shape index (κ3) is 3.19. The second kappa shape index (κ2) is 5.15. The normalized spacial score (nSPS) is 29.7. The second-order valence-corrected chi connectivity index (χ2v) is 5.17. The Balaban J connectivity index is 1.70. The molecule has 0 aromatic carbocycles. The highest BCUT2D eigenvalue weighted by molar-refractivity contribution is 5.78. The molecule has 1 saturated carbocycles. The summed E-state index contributed by atoms with van der Waals surface area (Å²) in [4.78, 5) is 11.5. The second-order valence-electron chi connectivity index (χ2n) is 5.17. The summed E-state index contributed by atoms with van der Waals surface area (Å²) in [6, 6.07) is 0.596. The average molecular weight is 226 g/mol.